The van der Waals surface area contributed by atoms with Gasteiger partial charge in [-0.2, -0.15) is 0 Å². The molecule has 72 valence electrons. The summed E-state index contributed by atoms with van der Waals surface area (Å²) in [6.07, 6.45) is 3.18. The molecule has 0 atom stereocenters. The normalized spacial score (nSPS) is 9.60. The molecule has 0 saturated carbocycles. The SMILES string of the molecule is O=C([O-])COc1c[nH]c2cccnc12.[K+]. The molecule has 0 spiro atoms. The van der Waals surface area contributed by atoms with Gasteiger partial charge in [0, 0.05) is 12.4 Å². The van der Waals surface area contributed by atoms with Crippen molar-refractivity contribution >= 4 is 17.0 Å². The van der Waals surface area contributed by atoms with Gasteiger partial charge in [0.15, 0.2) is 5.75 Å². The smallest absolute Gasteiger partial charge is 0.546 e. The maximum atomic E-state index is 10.2. The van der Waals surface area contributed by atoms with E-state index in [1.807, 2.05) is 6.07 Å². The van der Waals surface area contributed by atoms with Crippen LogP contribution in [0.2, 0.25) is 0 Å². The number of fused-ring (bicyclic) bond motifs is 1. The number of aromatic nitrogens is 2. The zero-order valence-electron chi connectivity index (χ0n) is 8.19. The summed E-state index contributed by atoms with van der Waals surface area (Å²) >= 11 is 0. The van der Waals surface area contributed by atoms with Crippen LogP contribution in [0.1, 0.15) is 0 Å². The van der Waals surface area contributed by atoms with Crippen molar-refractivity contribution in [1.29, 1.82) is 0 Å². The monoisotopic (exact) mass is 230 g/mol. The van der Waals surface area contributed by atoms with Crippen LogP contribution in [0.25, 0.3) is 11.0 Å². The first-order chi connectivity index (χ1) is 6.77. The van der Waals surface area contributed by atoms with E-state index in [1.54, 1.807) is 18.5 Å². The number of hydrogen-bond acceptors (Lipinski definition) is 4. The predicted molar refractivity (Wildman–Crippen MR) is 46.6 cm³/mol. The van der Waals surface area contributed by atoms with Crippen LogP contribution in [0.4, 0.5) is 0 Å². The number of carboxylic acid groups (broad SMARTS) is 1. The van der Waals surface area contributed by atoms with Gasteiger partial charge in [0.25, 0.3) is 0 Å². The molecule has 2 heterocycles. The Kier molecular flexibility index (Phi) is 4.74. The molecule has 0 aliphatic rings. The molecular weight excluding hydrogens is 223 g/mol. The molecule has 15 heavy (non-hydrogen) atoms. The van der Waals surface area contributed by atoms with Gasteiger partial charge in [0.2, 0.25) is 0 Å². The molecule has 2 aromatic rings. The number of H-pyrrole nitrogens is 1. The molecule has 2 aromatic heterocycles. The Morgan fingerprint density at radius 3 is 3.13 bits per heavy atom. The third-order valence-corrected chi connectivity index (χ3v) is 1.75. The van der Waals surface area contributed by atoms with Crippen LogP contribution >= 0.6 is 0 Å². The molecule has 0 aliphatic heterocycles. The van der Waals surface area contributed by atoms with E-state index in [0.29, 0.717) is 11.3 Å². The largest absolute Gasteiger partial charge is 1.00 e. The van der Waals surface area contributed by atoms with Crippen molar-refractivity contribution in [3.05, 3.63) is 24.5 Å². The Morgan fingerprint density at radius 1 is 1.60 bits per heavy atom. The minimum atomic E-state index is -1.25. The van der Waals surface area contributed by atoms with Gasteiger partial charge in [0.1, 0.15) is 12.1 Å². The van der Waals surface area contributed by atoms with Gasteiger partial charge in [-0.05, 0) is 12.1 Å². The summed E-state index contributed by atoms with van der Waals surface area (Å²) in [6, 6.07) is 3.61. The average Bonchev–Trinajstić information content (AvgIpc) is 2.58. The standard InChI is InChI=1S/C9H8N2O3.K/c12-8(13)5-14-7-4-11-6-2-1-3-10-9(6)7;/h1-4,11H,5H2,(H,12,13);/q;+1/p-1. The minimum absolute atomic E-state index is 0. The van der Waals surface area contributed by atoms with Crippen LogP contribution in [0, 0.1) is 0 Å². The summed E-state index contributed by atoms with van der Waals surface area (Å²) in [7, 11) is 0. The average molecular weight is 230 g/mol. The summed E-state index contributed by atoms with van der Waals surface area (Å²) in [4.78, 5) is 17.1. The number of ether oxygens (including phenoxy) is 1. The zero-order valence-corrected chi connectivity index (χ0v) is 11.3. The number of aromatic amines is 1. The molecule has 0 amide bonds. The van der Waals surface area contributed by atoms with Crippen LogP contribution in [0.3, 0.4) is 0 Å². The molecular formula is C9H7KN2O3. The van der Waals surface area contributed by atoms with E-state index in [2.05, 4.69) is 9.97 Å². The fourth-order valence-corrected chi connectivity index (χ4v) is 1.18. The Bertz CT molecular complexity index is 469. The summed E-state index contributed by atoms with van der Waals surface area (Å²) < 4.78 is 4.96. The third kappa shape index (κ3) is 3.02. The number of pyridine rings is 1. The first-order valence-electron chi connectivity index (χ1n) is 4.02. The maximum absolute atomic E-state index is 10.2. The van der Waals surface area contributed by atoms with E-state index in [4.69, 9.17) is 4.74 Å². The van der Waals surface area contributed by atoms with Crippen LogP contribution in [-0.4, -0.2) is 22.5 Å². The van der Waals surface area contributed by atoms with E-state index in [0.717, 1.165) is 5.52 Å². The van der Waals surface area contributed by atoms with Crippen molar-refractivity contribution in [2.75, 3.05) is 6.61 Å². The fourth-order valence-electron chi connectivity index (χ4n) is 1.18. The first kappa shape index (κ1) is 12.7. The molecule has 0 radical (unpaired) electrons. The van der Waals surface area contributed by atoms with E-state index >= 15 is 0 Å². The number of nitrogens with zero attached hydrogens (tertiary/aromatic N) is 1. The Balaban J connectivity index is 0.00000112. The quantitative estimate of drug-likeness (QED) is 0.560. The van der Waals surface area contributed by atoms with Crippen LogP contribution in [0.5, 0.6) is 5.75 Å². The molecule has 0 unspecified atom stereocenters. The van der Waals surface area contributed by atoms with E-state index in [1.165, 1.54) is 0 Å². The van der Waals surface area contributed by atoms with Gasteiger partial charge in [-0.15, -0.1) is 0 Å². The van der Waals surface area contributed by atoms with Gasteiger partial charge in [-0.1, -0.05) is 0 Å². The van der Waals surface area contributed by atoms with Crippen LogP contribution in [-0.2, 0) is 4.79 Å². The molecule has 0 saturated heterocycles. The van der Waals surface area contributed by atoms with Crippen molar-refractivity contribution in [2.45, 2.75) is 0 Å². The number of nitrogens with one attached hydrogen (secondary N) is 1. The fraction of sp³-hybridized carbons (Fsp3) is 0.111. The van der Waals surface area contributed by atoms with Crippen LogP contribution < -0.4 is 61.2 Å². The summed E-state index contributed by atoms with van der Waals surface area (Å²) in [5.41, 5.74) is 1.43. The van der Waals surface area contributed by atoms with Gasteiger partial charge in [-0.3, -0.25) is 4.98 Å². The second-order valence-corrected chi connectivity index (χ2v) is 2.71. The van der Waals surface area contributed by atoms with Crippen LogP contribution in [0.15, 0.2) is 24.5 Å². The Morgan fingerprint density at radius 2 is 2.40 bits per heavy atom. The Hall–Kier alpha value is -0.404. The van der Waals surface area contributed by atoms with Crippen molar-refractivity contribution in [3.8, 4) is 5.75 Å². The predicted octanol–water partition coefficient (Wildman–Crippen LogP) is -3.30. The summed E-state index contributed by atoms with van der Waals surface area (Å²) in [6.45, 7) is -0.469. The third-order valence-electron chi connectivity index (χ3n) is 1.75. The first-order valence-corrected chi connectivity index (χ1v) is 4.02. The molecule has 6 heteroatoms. The molecule has 0 bridgehead atoms. The molecule has 0 aromatic carbocycles. The van der Waals surface area contributed by atoms with Gasteiger partial charge < -0.3 is 19.6 Å². The number of aliphatic carboxylic acids is 1. The van der Waals surface area contributed by atoms with Crippen molar-refractivity contribution in [2.24, 2.45) is 0 Å². The number of carboxylic acids is 1. The van der Waals surface area contributed by atoms with E-state index in [-0.39, 0.29) is 51.4 Å². The second kappa shape index (κ2) is 5.62. The molecule has 2 rings (SSSR count). The van der Waals surface area contributed by atoms with Crippen molar-refractivity contribution < 1.29 is 66.0 Å². The van der Waals surface area contributed by atoms with E-state index in [9.17, 15) is 9.90 Å². The maximum Gasteiger partial charge on any atom is 1.00 e. The second-order valence-electron chi connectivity index (χ2n) is 2.71. The zero-order chi connectivity index (χ0) is 9.97. The summed E-state index contributed by atoms with van der Waals surface area (Å²) in [5, 5.41) is 10.2. The number of hydrogen-bond donors (Lipinski definition) is 1. The van der Waals surface area contributed by atoms with Gasteiger partial charge in [0.05, 0.1) is 11.5 Å². The summed E-state index contributed by atoms with van der Waals surface area (Å²) in [5.74, 6) is -0.833. The van der Waals surface area contributed by atoms with Gasteiger partial charge in [-0.25, -0.2) is 0 Å². The molecule has 5 nitrogen and oxygen atoms in total. The Labute approximate surface area is 128 Å². The molecule has 1 N–H and O–H groups in total. The van der Waals surface area contributed by atoms with Gasteiger partial charge >= 0.3 is 51.4 Å². The number of rotatable bonds is 3. The number of carbonyl (C=O) groups excluding carboxylic acids is 1. The topological polar surface area (TPSA) is 78.0 Å². The molecule has 0 fully saturated rings. The molecule has 0 aliphatic carbocycles. The minimum Gasteiger partial charge on any atom is -0.546 e. The van der Waals surface area contributed by atoms with Crippen molar-refractivity contribution in [1.82, 2.24) is 9.97 Å². The number of carbonyl (C=O) groups is 1. The van der Waals surface area contributed by atoms with E-state index < -0.39 is 12.6 Å². The van der Waals surface area contributed by atoms with Crippen molar-refractivity contribution in [3.63, 3.8) is 0 Å².